The second-order valence-corrected chi connectivity index (χ2v) is 1.42. The molecule has 0 radical (unpaired) electrons. The number of rotatable bonds is 0. The minimum absolute atomic E-state index is 1.02. The van der Waals surface area contributed by atoms with Crippen LogP contribution in [0.15, 0.2) is 17.3 Å². The van der Waals surface area contributed by atoms with E-state index in [0.29, 0.717) is 0 Å². The highest BCUT2D eigenvalue weighted by atomic mass is 14.7. The fourth-order valence-corrected chi connectivity index (χ4v) is 0.489. The molecule has 0 unspecified atom stereocenters. The summed E-state index contributed by atoms with van der Waals surface area (Å²) in [5.41, 5.74) is 1.02. The normalized spacial score (nSPS) is 13.0. The molecular formula is C9H19N. The zero-order chi connectivity index (χ0) is 8.41. The van der Waals surface area contributed by atoms with Crippen LogP contribution in [0.4, 0.5) is 0 Å². The summed E-state index contributed by atoms with van der Waals surface area (Å²) < 4.78 is 0. The number of nitrogens with zero attached hydrogens (tertiary/aromatic N) is 1. The third-order valence-electron chi connectivity index (χ3n) is 0.836. The van der Waals surface area contributed by atoms with Gasteiger partial charge in [0.25, 0.3) is 0 Å². The zero-order valence-electron chi connectivity index (χ0n) is 7.65. The molecule has 0 spiro atoms. The van der Waals surface area contributed by atoms with Gasteiger partial charge in [-0.3, -0.25) is 4.99 Å². The first-order valence-electron chi connectivity index (χ1n) is 4.10. The van der Waals surface area contributed by atoms with E-state index in [1.165, 1.54) is 0 Å². The molecule has 0 aromatic rings. The van der Waals surface area contributed by atoms with E-state index in [9.17, 15) is 0 Å². The minimum atomic E-state index is 1.02. The topological polar surface area (TPSA) is 12.4 Å². The predicted octanol–water partition coefficient (Wildman–Crippen LogP) is 3.42. The second kappa shape index (κ2) is 11.2. The van der Waals surface area contributed by atoms with Crippen LogP contribution in [0.1, 0.15) is 40.5 Å². The SMILES string of the molecule is C=C1CCC=N1.CC.CC. The first kappa shape index (κ1) is 12.1. The first-order chi connectivity index (χ1) is 4.89. The fourth-order valence-electron chi connectivity index (χ4n) is 0.489. The zero-order valence-corrected chi connectivity index (χ0v) is 7.65. The molecule has 0 amide bonds. The van der Waals surface area contributed by atoms with Gasteiger partial charge in [-0.05, 0) is 12.8 Å². The molecular weight excluding hydrogens is 122 g/mol. The highest BCUT2D eigenvalue weighted by Crippen LogP contribution is 2.07. The largest absolute Gasteiger partial charge is 0.266 e. The second-order valence-electron chi connectivity index (χ2n) is 1.42. The molecule has 1 aliphatic heterocycles. The van der Waals surface area contributed by atoms with E-state index in [2.05, 4.69) is 11.6 Å². The van der Waals surface area contributed by atoms with E-state index in [4.69, 9.17) is 0 Å². The Bertz CT molecular complexity index is 92.9. The van der Waals surface area contributed by atoms with E-state index in [1.54, 1.807) is 0 Å². The monoisotopic (exact) mass is 141 g/mol. The van der Waals surface area contributed by atoms with Crippen molar-refractivity contribution in [2.45, 2.75) is 40.5 Å². The van der Waals surface area contributed by atoms with E-state index in [1.807, 2.05) is 33.9 Å². The molecule has 0 saturated heterocycles. The lowest BCUT2D eigenvalue weighted by Crippen LogP contribution is -1.60. The number of hydrogen-bond acceptors (Lipinski definition) is 1. The summed E-state index contributed by atoms with van der Waals surface area (Å²) in [6, 6.07) is 0. The number of aliphatic imine (C=N–C) groups is 1. The Balaban J connectivity index is 0. The third kappa shape index (κ3) is 7.41. The van der Waals surface area contributed by atoms with Gasteiger partial charge in [0.15, 0.2) is 0 Å². The Hall–Kier alpha value is -0.590. The average Bonchev–Trinajstić information content (AvgIpc) is 2.48. The molecule has 10 heavy (non-hydrogen) atoms. The minimum Gasteiger partial charge on any atom is -0.266 e. The lowest BCUT2D eigenvalue weighted by atomic mass is 10.3. The smallest absolute Gasteiger partial charge is 0.0331 e. The predicted molar refractivity (Wildman–Crippen MR) is 49.6 cm³/mol. The fraction of sp³-hybridized carbons (Fsp3) is 0.667. The summed E-state index contributed by atoms with van der Waals surface area (Å²) in [4.78, 5) is 3.92. The number of allylic oxidation sites excluding steroid dienone is 1. The summed E-state index contributed by atoms with van der Waals surface area (Å²) in [5, 5.41) is 0. The summed E-state index contributed by atoms with van der Waals surface area (Å²) in [6.07, 6.45) is 4.07. The molecule has 0 atom stereocenters. The third-order valence-corrected chi connectivity index (χ3v) is 0.836. The highest BCUT2D eigenvalue weighted by molar-refractivity contribution is 5.62. The maximum atomic E-state index is 3.92. The molecule has 1 aliphatic rings. The molecule has 0 fully saturated rings. The molecule has 1 nitrogen and oxygen atoms in total. The van der Waals surface area contributed by atoms with Gasteiger partial charge in [0, 0.05) is 11.9 Å². The lowest BCUT2D eigenvalue weighted by molar-refractivity contribution is 1.08. The van der Waals surface area contributed by atoms with Crippen LogP contribution in [0.3, 0.4) is 0 Å². The van der Waals surface area contributed by atoms with Crippen molar-refractivity contribution in [3.63, 3.8) is 0 Å². The van der Waals surface area contributed by atoms with Crippen molar-refractivity contribution in [2.75, 3.05) is 0 Å². The van der Waals surface area contributed by atoms with Crippen LogP contribution in [0, 0.1) is 0 Å². The van der Waals surface area contributed by atoms with Gasteiger partial charge in [0.1, 0.15) is 0 Å². The summed E-state index contributed by atoms with van der Waals surface area (Å²) >= 11 is 0. The molecule has 1 rings (SSSR count). The Morgan fingerprint density at radius 2 is 1.80 bits per heavy atom. The van der Waals surface area contributed by atoms with Gasteiger partial charge in [0.05, 0.1) is 0 Å². The molecule has 0 bridgehead atoms. The van der Waals surface area contributed by atoms with Crippen LogP contribution < -0.4 is 0 Å². The lowest BCUT2D eigenvalue weighted by Gasteiger charge is -1.77. The van der Waals surface area contributed by atoms with Gasteiger partial charge in [-0.15, -0.1) is 0 Å². The number of hydrogen-bond donors (Lipinski definition) is 0. The van der Waals surface area contributed by atoms with Crippen molar-refractivity contribution < 1.29 is 0 Å². The quantitative estimate of drug-likeness (QED) is 0.490. The molecule has 0 saturated carbocycles. The summed E-state index contributed by atoms with van der Waals surface area (Å²) in [6.45, 7) is 11.7. The van der Waals surface area contributed by atoms with Crippen molar-refractivity contribution in [1.29, 1.82) is 0 Å². The van der Waals surface area contributed by atoms with Gasteiger partial charge < -0.3 is 0 Å². The Kier molecular flexibility index (Phi) is 13.6. The van der Waals surface area contributed by atoms with Crippen molar-refractivity contribution in [3.8, 4) is 0 Å². The Labute approximate surface area is 64.9 Å². The molecule has 60 valence electrons. The van der Waals surface area contributed by atoms with Crippen molar-refractivity contribution in [2.24, 2.45) is 4.99 Å². The van der Waals surface area contributed by atoms with Gasteiger partial charge >= 0.3 is 0 Å². The van der Waals surface area contributed by atoms with Crippen LogP contribution in [0.25, 0.3) is 0 Å². The molecule has 1 heterocycles. The van der Waals surface area contributed by atoms with E-state index < -0.39 is 0 Å². The van der Waals surface area contributed by atoms with E-state index in [0.717, 1.165) is 18.5 Å². The van der Waals surface area contributed by atoms with Gasteiger partial charge in [-0.1, -0.05) is 34.3 Å². The van der Waals surface area contributed by atoms with Crippen LogP contribution in [-0.2, 0) is 0 Å². The average molecular weight is 141 g/mol. The van der Waals surface area contributed by atoms with E-state index in [-0.39, 0.29) is 0 Å². The first-order valence-corrected chi connectivity index (χ1v) is 4.10. The van der Waals surface area contributed by atoms with Gasteiger partial charge in [0.2, 0.25) is 0 Å². The van der Waals surface area contributed by atoms with Crippen molar-refractivity contribution in [1.82, 2.24) is 0 Å². The van der Waals surface area contributed by atoms with Crippen molar-refractivity contribution in [3.05, 3.63) is 12.3 Å². The maximum Gasteiger partial charge on any atom is 0.0331 e. The molecule has 0 aliphatic carbocycles. The molecule has 0 aromatic heterocycles. The van der Waals surface area contributed by atoms with Gasteiger partial charge in [-0.25, -0.2) is 0 Å². The van der Waals surface area contributed by atoms with E-state index >= 15 is 0 Å². The van der Waals surface area contributed by atoms with Crippen LogP contribution in [-0.4, -0.2) is 6.21 Å². The molecule has 1 heteroatoms. The summed E-state index contributed by atoms with van der Waals surface area (Å²) in [5.74, 6) is 0. The standard InChI is InChI=1S/C5H7N.2C2H6/c1-5-3-2-4-6-5;2*1-2/h4H,1-3H2;2*1-2H3. The van der Waals surface area contributed by atoms with Crippen LogP contribution in [0.5, 0.6) is 0 Å². The van der Waals surface area contributed by atoms with Crippen molar-refractivity contribution >= 4 is 6.21 Å². The Morgan fingerprint density at radius 3 is 1.90 bits per heavy atom. The van der Waals surface area contributed by atoms with Gasteiger partial charge in [-0.2, -0.15) is 0 Å². The maximum absolute atomic E-state index is 3.92. The Morgan fingerprint density at radius 1 is 1.30 bits per heavy atom. The molecule has 0 N–H and O–H groups in total. The molecule has 0 aromatic carbocycles. The summed E-state index contributed by atoms with van der Waals surface area (Å²) in [7, 11) is 0. The highest BCUT2D eigenvalue weighted by Gasteiger charge is 1.93. The van der Waals surface area contributed by atoms with Crippen LogP contribution >= 0.6 is 0 Å². The van der Waals surface area contributed by atoms with Crippen LogP contribution in [0.2, 0.25) is 0 Å².